The predicted molar refractivity (Wildman–Crippen MR) is 129 cm³/mol. The van der Waals surface area contributed by atoms with Crippen LogP contribution in [0.25, 0.3) is 64.8 Å². The van der Waals surface area contributed by atoms with Crippen LogP contribution in [0.4, 0.5) is 0 Å². The van der Waals surface area contributed by atoms with Gasteiger partial charge in [-0.1, -0.05) is 91.0 Å². The van der Waals surface area contributed by atoms with Crippen LogP contribution in [0, 0.1) is 0 Å². The molecule has 6 aromatic carbocycles. The molecule has 1 heteroatoms. The minimum Gasteiger partial charge on any atom is -0.256 e. The lowest BCUT2D eigenvalue weighted by Gasteiger charge is -2.14. The molecule has 0 saturated carbocycles. The second-order valence-corrected chi connectivity index (χ2v) is 8.02. The van der Waals surface area contributed by atoms with Crippen molar-refractivity contribution in [3.63, 3.8) is 0 Å². The van der Waals surface area contributed by atoms with Crippen LogP contribution in [0.15, 0.2) is 103 Å². The first-order chi connectivity index (χ1) is 14.9. The second-order valence-electron chi connectivity index (χ2n) is 8.02. The zero-order chi connectivity index (χ0) is 19.7. The van der Waals surface area contributed by atoms with Gasteiger partial charge in [-0.3, -0.25) is 4.98 Å². The summed E-state index contributed by atoms with van der Waals surface area (Å²) in [5.41, 5.74) is 1.07. The Morgan fingerprint density at radius 3 is 1.60 bits per heavy atom. The maximum Gasteiger partial charge on any atom is 0.0786 e. The molecule has 0 aliphatic rings. The molecule has 1 heterocycles. The van der Waals surface area contributed by atoms with E-state index in [1.807, 2.05) is 12.3 Å². The van der Waals surface area contributed by atoms with E-state index in [-0.39, 0.29) is 0 Å². The van der Waals surface area contributed by atoms with Gasteiger partial charge in [-0.25, -0.2) is 0 Å². The van der Waals surface area contributed by atoms with E-state index in [1.165, 1.54) is 59.2 Å². The Bertz CT molecular complexity index is 1640. The SMILES string of the molecule is c1ccc2c(c1)ccc1ccc3ccc4ccc5ccc6cccnc6c5c4c3c12. The van der Waals surface area contributed by atoms with Crippen LogP contribution < -0.4 is 0 Å². The highest BCUT2D eigenvalue weighted by Crippen LogP contribution is 2.40. The molecule has 0 bridgehead atoms. The summed E-state index contributed by atoms with van der Waals surface area (Å²) in [6.07, 6.45) is 1.90. The predicted octanol–water partition coefficient (Wildman–Crippen LogP) is 8.00. The van der Waals surface area contributed by atoms with Crippen molar-refractivity contribution in [3.8, 4) is 0 Å². The van der Waals surface area contributed by atoms with Crippen molar-refractivity contribution < 1.29 is 0 Å². The second kappa shape index (κ2) is 5.77. The summed E-state index contributed by atoms with van der Waals surface area (Å²) in [7, 11) is 0. The highest BCUT2D eigenvalue weighted by molar-refractivity contribution is 6.34. The molecule has 0 aliphatic carbocycles. The molecule has 0 amide bonds. The molecule has 0 unspecified atom stereocenters. The van der Waals surface area contributed by atoms with Crippen LogP contribution >= 0.6 is 0 Å². The smallest absolute Gasteiger partial charge is 0.0786 e. The van der Waals surface area contributed by atoms with E-state index in [0.717, 1.165) is 5.52 Å². The van der Waals surface area contributed by atoms with Crippen LogP contribution in [0.2, 0.25) is 0 Å². The van der Waals surface area contributed by atoms with Gasteiger partial charge in [-0.2, -0.15) is 0 Å². The van der Waals surface area contributed by atoms with Crippen LogP contribution in [-0.2, 0) is 0 Å². The zero-order valence-electron chi connectivity index (χ0n) is 16.3. The zero-order valence-corrected chi connectivity index (χ0v) is 16.3. The topological polar surface area (TPSA) is 12.9 Å². The fourth-order valence-corrected chi connectivity index (χ4v) is 5.08. The van der Waals surface area contributed by atoms with Crippen molar-refractivity contribution in [1.29, 1.82) is 0 Å². The molecule has 0 fully saturated rings. The fraction of sp³-hybridized carbons (Fsp3) is 0. The van der Waals surface area contributed by atoms with Gasteiger partial charge in [0.05, 0.1) is 5.52 Å². The van der Waals surface area contributed by atoms with Gasteiger partial charge in [-0.15, -0.1) is 0 Å². The van der Waals surface area contributed by atoms with Crippen LogP contribution in [-0.4, -0.2) is 4.98 Å². The normalized spacial score (nSPS) is 12.0. The quantitative estimate of drug-likeness (QED) is 0.243. The van der Waals surface area contributed by atoms with Gasteiger partial charge >= 0.3 is 0 Å². The van der Waals surface area contributed by atoms with Crippen molar-refractivity contribution in [1.82, 2.24) is 4.98 Å². The monoisotopic (exact) mass is 379 g/mol. The number of benzene rings is 6. The maximum atomic E-state index is 4.81. The Kier molecular flexibility index (Phi) is 3.06. The van der Waals surface area contributed by atoms with E-state index in [4.69, 9.17) is 4.98 Å². The minimum atomic E-state index is 1.07. The van der Waals surface area contributed by atoms with Crippen molar-refractivity contribution in [2.75, 3.05) is 0 Å². The third kappa shape index (κ3) is 2.04. The standard InChI is InChI=1S/C29H17N/c1-2-6-24-18(4-1)7-8-19-9-10-20-11-12-21-13-14-22-15-16-23-5-3-17-30-29(23)28(22)27(21)26(20)25(19)24/h1-17H. The lowest BCUT2D eigenvalue weighted by molar-refractivity contribution is 1.43. The van der Waals surface area contributed by atoms with Gasteiger partial charge < -0.3 is 0 Å². The van der Waals surface area contributed by atoms with Gasteiger partial charge in [0.2, 0.25) is 0 Å². The molecular weight excluding hydrogens is 362 g/mol. The highest BCUT2D eigenvalue weighted by Gasteiger charge is 2.13. The number of hydrogen-bond donors (Lipinski definition) is 0. The molecular formula is C29H17N. The summed E-state index contributed by atoms with van der Waals surface area (Å²) in [4.78, 5) is 4.81. The van der Waals surface area contributed by atoms with Crippen LogP contribution in [0.5, 0.6) is 0 Å². The van der Waals surface area contributed by atoms with Gasteiger partial charge in [0.25, 0.3) is 0 Å². The first kappa shape index (κ1) is 15.9. The molecule has 30 heavy (non-hydrogen) atoms. The lowest BCUT2D eigenvalue weighted by atomic mass is 9.90. The Balaban J connectivity index is 1.90. The maximum absolute atomic E-state index is 4.81. The Morgan fingerprint density at radius 2 is 0.867 bits per heavy atom. The average Bonchev–Trinajstić information content (AvgIpc) is 2.82. The Labute approximate surface area is 173 Å². The molecule has 0 aliphatic heterocycles. The van der Waals surface area contributed by atoms with Crippen molar-refractivity contribution in [2.24, 2.45) is 0 Å². The van der Waals surface area contributed by atoms with Crippen LogP contribution in [0.3, 0.4) is 0 Å². The van der Waals surface area contributed by atoms with Gasteiger partial charge in [0.1, 0.15) is 0 Å². The molecule has 1 nitrogen and oxygen atoms in total. The summed E-state index contributed by atoms with van der Waals surface area (Å²) >= 11 is 0. The van der Waals surface area contributed by atoms with E-state index >= 15 is 0 Å². The molecule has 7 aromatic rings. The summed E-state index contributed by atoms with van der Waals surface area (Å²) in [5.74, 6) is 0. The van der Waals surface area contributed by atoms with Crippen LogP contribution in [0.1, 0.15) is 0 Å². The molecule has 0 saturated heterocycles. The fourth-order valence-electron chi connectivity index (χ4n) is 5.08. The molecule has 0 atom stereocenters. The van der Waals surface area contributed by atoms with E-state index in [0.29, 0.717) is 0 Å². The molecule has 1 aromatic heterocycles. The van der Waals surface area contributed by atoms with Crippen molar-refractivity contribution >= 4 is 64.8 Å². The third-order valence-electron chi connectivity index (χ3n) is 6.42. The molecule has 0 spiro atoms. The highest BCUT2D eigenvalue weighted by atomic mass is 14.6. The number of nitrogens with zero attached hydrogens (tertiary/aromatic N) is 1. The number of rotatable bonds is 0. The van der Waals surface area contributed by atoms with E-state index in [2.05, 4.69) is 91.0 Å². The first-order valence-electron chi connectivity index (χ1n) is 10.3. The van der Waals surface area contributed by atoms with E-state index in [1.54, 1.807) is 0 Å². The number of fused-ring (bicyclic) bond motifs is 11. The summed E-state index contributed by atoms with van der Waals surface area (Å²) in [6.45, 7) is 0. The molecule has 0 radical (unpaired) electrons. The molecule has 7 rings (SSSR count). The summed E-state index contributed by atoms with van der Waals surface area (Å²) in [5, 5.41) is 14.0. The Morgan fingerprint density at radius 1 is 0.367 bits per heavy atom. The lowest BCUT2D eigenvalue weighted by Crippen LogP contribution is -1.87. The minimum absolute atomic E-state index is 1.07. The Hall–Kier alpha value is -3.97. The summed E-state index contributed by atoms with van der Waals surface area (Å²) in [6, 6.07) is 35.2. The van der Waals surface area contributed by atoms with Gasteiger partial charge in [0.15, 0.2) is 0 Å². The van der Waals surface area contributed by atoms with Gasteiger partial charge in [0, 0.05) is 22.4 Å². The van der Waals surface area contributed by atoms with E-state index < -0.39 is 0 Å². The molecule has 138 valence electrons. The largest absolute Gasteiger partial charge is 0.256 e. The number of pyridine rings is 1. The number of hydrogen-bond acceptors (Lipinski definition) is 1. The van der Waals surface area contributed by atoms with Crippen molar-refractivity contribution in [2.45, 2.75) is 0 Å². The first-order valence-corrected chi connectivity index (χ1v) is 10.3. The van der Waals surface area contributed by atoms with Crippen molar-refractivity contribution in [3.05, 3.63) is 103 Å². The van der Waals surface area contributed by atoms with Gasteiger partial charge in [-0.05, 0) is 49.2 Å². The average molecular weight is 379 g/mol. The molecule has 0 N–H and O–H groups in total. The third-order valence-corrected chi connectivity index (χ3v) is 6.42. The number of aromatic nitrogens is 1. The summed E-state index contributed by atoms with van der Waals surface area (Å²) < 4.78 is 0. The van der Waals surface area contributed by atoms with E-state index in [9.17, 15) is 0 Å².